The van der Waals surface area contributed by atoms with E-state index in [0.717, 1.165) is 18.5 Å². The Morgan fingerprint density at radius 2 is 2.13 bits per heavy atom. The summed E-state index contributed by atoms with van der Waals surface area (Å²) in [4.78, 5) is 4.11. The lowest BCUT2D eigenvalue weighted by Gasteiger charge is -2.35. The average Bonchev–Trinajstić information content (AvgIpc) is 2.73. The number of aliphatic hydroxyl groups is 1. The maximum atomic E-state index is 10.7. The van der Waals surface area contributed by atoms with Gasteiger partial charge in [-0.3, -0.25) is 0 Å². The molecule has 2 atom stereocenters. The van der Waals surface area contributed by atoms with Gasteiger partial charge >= 0.3 is 0 Å². The molecule has 82 valence electrons. The number of imidazole rings is 1. The Hall–Kier alpha value is -0.480. The summed E-state index contributed by atoms with van der Waals surface area (Å²) in [5.74, 6) is 0. The molecule has 1 aromatic rings. The molecule has 0 aromatic carbocycles. The average molecular weight is 224 g/mol. The van der Waals surface area contributed by atoms with E-state index in [1.807, 2.05) is 17.8 Å². The second-order valence-electron chi connectivity index (χ2n) is 4.79. The van der Waals surface area contributed by atoms with Crippen molar-refractivity contribution in [3.8, 4) is 0 Å². The van der Waals surface area contributed by atoms with Gasteiger partial charge in [0.15, 0.2) is 0 Å². The van der Waals surface area contributed by atoms with Crippen LogP contribution in [0.1, 0.15) is 31.4 Å². The second-order valence-corrected chi connectivity index (χ2v) is 6.39. The lowest BCUT2D eigenvalue weighted by atomic mass is 9.90. The summed E-state index contributed by atoms with van der Waals surface area (Å²) in [7, 11) is 1.96. The molecule has 1 aromatic heterocycles. The van der Waals surface area contributed by atoms with E-state index in [9.17, 15) is 5.11 Å². The molecule has 2 fully saturated rings. The van der Waals surface area contributed by atoms with Crippen LogP contribution in [0.15, 0.2) is 12.5 Å². The number of aromatic nitrogens is 2. The van der Waals surface area contributed by atoms with E-state index in [2.05, 4.69) is 16.7 Å². The maximum Gasteiger partial charge on any atom is 0.108 e. The minimum absolute atomic E-state index is 0.623. The van der Waals surface area contributed by atoms with Gasteiger partial charge in [0.25, 0.3) is 0 Å². The molecule has 2 aliphatic rings. The summed E-state index contributed by atoms with van der Waals surface area (Å²) in [6, 6.07) is 0. The minimum atomic E-state index is -0.623. The highest BCUT2D eigenvalue weighted by atomic mass is 32.2. The van der Waals surface area contributed by atoms with Gasteiger partial charge in [0.2, 0.25) is 0 Å². The molecule has 2 unspecified atom stereocenters. The van der Waals surface area contributed by atoms with Crippen LogP contribution in [0.2, 0.25) is 0 Å². The van der Waals surface area contributed by atoms with E-state index in [1.54, 1.807) is 6.33 Å². The van der Waals surface area contributed by atoms with Crippen LogP contribution < -0.4 is 0 Å². The largest absolute Gasteiger partial charge is 0.383 e. The Kier molecular flexibility index (Phi) is 2.11. The smallest absolute Gasteiger partial charge is 0.108 e. The lowest BCUT2D eigenvalue weighted by molar-refractivity contribution is 0.0127. The summed E-state index contributed by atoms with van der Waals surface area (Å²) in [5.41, 5.74) is 0.363. The molecular weight excluding hydrogens is 208 g/mol. The molecule has 2 aliphatic heterocycles. The van der Waals surface area contributed by atoms with Crippen molar-refractivity contribution in [2.45, 2.75) is 41.8 Å². The third-order valence-electron chi connectivity index (χ3n) is 3.62. The van der Waals surface area contributed by atoms with E-state index in [1.165, 1.54) is 12.8 Å². The van der Waals surface area contributed by atoms with Gasteiger partial charge in [0, 0.05) is 17.5 Å². The third kappa shape index (κ3) is 1.51. The van der Waals surface area contributed by atoms with Crippen molar-refractivity contribution >= 4 is 11.8 Å². The predicted molar refractivity (Wildman–Crippen MR) is 60.7 cm³/mol. The molecular formula is C11H16N2OS. The topological polar surface area (TPSA) is 38.0 Å². The van der Waals surface area contributed by atoms with E-state index >= 15 is 0 Å². The van der Waals surface area contributed by atoms with Gasteiger partial charge in [-0.2, -0.15) is 11.8 Å². The zero-order valence-electron chi connectivity index (χ0n) is 8.89. The van der Waals surface area contributed by atoms with E-state index in [-0.39, 0.29) is 0 Å². The molecule has 3 nitrogen and oxygen atoms in total. The molecule has 1 N–H and O–H groups in total. The molecule has 0 spiro atoms. The molecule has 15 heavy (non-hydrogen) atoms. The van der Waals surface area contributed by atoms with Crippen LogP contribution in [0.25, 0.3) is 0 Å². The quantitative estimate of drug-likeness (QED) is 0.788. The fourth-order valence-electron chi connectivity index (χ4n) is 2.93. The van der Waals surface area contributed by atoms with E-state index in [0.29, 0.717) is 10.5 Å². The van der Waals surface area contributed by atoms with E-state index in [4.69, 9.17) is 0 Å². The molecule has 0 aliphatic carbocycles. The van der Waals surface area contributed by atoms with Crippen LogP contribution in [0.3, 0.4) is 0 Å². The second kappa shape index (κ2) is 3.25. The first-order valence-corrected chi connectivity index (χ1v) is 6.46. The SMILES string of the molecule is Cn1cncc1C1(O)CC2CCC(C1)S2. The van der Waals surface area contributed by atoms with Crippen LogP contribution in [0.4, 0.5) is 0 Å². The van der Waals surface area contributed by atoms with Crippen LogP contribution >= 0.6 is 11.8 Å². The molecule has 2 bridgehead atoms. The lowest BCUT2D eigenvalue weighted by Crippen LogP contribution is -2.36. The molecule has 0 amide bonds. The van der Waals surface area contributed by atoms with Crippen molar-refractivity contribution in [3.05, 3.63) is 18.2 Å². The number of rotatable bonds is 1. The van der Waals surface area contributed by atoms with Crippen molar-refractivity contribution in [3.63, 3.8) is 0 Å². The Labute approximate surface area is 93.9 Å². The number of aryl methyl sites for hydroxylation is 1. The Morgan fingerprint density at radius 3 is 2.67 bits per heavy atom. The molecule has 4 heteroatoms. The Bertz CT molecular complexity index is 364. The van der Waals surface area contributed by atoms with Gasteiger partial charge in [-0.15, -0.1) is 0 Å². The summed E-state index contributed by atoms with van der Waals surface area (Å²) < 4.78 is 1.95. The van der Waals surface area contributed by atoms with Crippen LogP contribution in [0.5, 0.6) is 0 Å². The van der Waals surface area contributed by atoms with Gasteiger partial charge in [0.05, 0.1) is 18.2 Å². The Morgan fingerprint density at radius 1 is 1.47 bits per heavy atom. The summed E-state index contributed by atoms with van der Waals surface area (Å²) in [6.07, 6.45) is 7.93. The first kappa shape index (κ1) is 9.73. The highest BCUT2D eigenvalue weighted by molar-refractivity contribution is 8.00. The number of thioether (sulfide) groups is 1. The van der Waals surface area contributed by atoms with E-state index < -0.39 is 5.60 Å². The molecule has 0 saturated carbocycles. The highest BCUT2D eigenvalue weighted by Gasteiger charge is 2.45. The fourth-order valence-corrected chi connectivity index (χ4v) is 4.76. The number of hydrogen-bond acceptors (Lipinski definition) is 3. The van der Waals surface area contributed by atoms with Crippen LogP contribution in [-0.2, 0) is 12.6 Å². The molecule has 2 saturated heterocycles. The summed E-state index contributed by atoms with van der Waals surface area (Å²) in [6.45, 7) is 0. The van der Waals surface area contributed by atoms with Gasteiger partial charge in [0.1, 0.15) is 5.60 Å². The zero-order valence-corrected chi connectivity index (χ0v) is 9.70. The third-order valence-corrected chi connectivity index (χ3v) is 5.19. The number of nitrogens with zero attached hydrogens (tertiary/aromatic N) is 2. The van der Waals surface area contributed by atoms with Crippen molar-refractivity contribution in [2.24, 2.45) is 7.05 Å². The first-order chi connectivity index (χ1) is 7.17. The first-order valence-electron chi connectivity index (χ1n) is 5.52. The van der Waals surface area contributed by atoms with Gasteiger partial charge in [-0.25, -0.2) is 4.98 Å². The monoisotopic (exact) mass is 224 g/mol. The number of hydrogen-bond donors (Lipinski definition) is 1. The summed E-state index contributed by atoms with van der Waals surface area (Å²) in [5, 5.41) is 12.0. The van der Waals surface area contributed by atoms with Crippen LogP contribution in [-0.4, -0.2) is 25.2 Å². The molecule has 3 rings (SSSR count). The van der Waals surface area contributed by atoms with Gasteiger partial charge < -0.3 is 9.67 Å². The van der Waals surface area contributed by atoms with Crippen molar-refractivity contribution < 1.29 is 5.11 Å². The predicted octanol–water partition coefficient (Wildman–Crippen LogP) is 1.67. The fraction of sp³-hybridized carbons (Fsp3) is 0.727. The number of fused-ring (bicyclic) bond motifs is 2. The van der Waals surface area contributed by atoms with Crippen molar-refractivity contribution in [2.75, 3.05) is 0 Å². The van der Waals surface area contributed by atoms with Gasteiger partial charge in [-0.05, 0) is 25.7 Å². The van der Waals surface area contributed by atoms with Gasteiger partial charge in [-0.1, -0.05) is 0 Å². The Balaban J connectivity index is 1.94. The van der Waals surface area contributed by atoms with Crippen molar-refractivity contribution in [1.29, 1.82) is 0 Å². The van der Waals surface area contributed by atoms with Crippen molar-refractivity contribution in [1.82, 2.24) is 9.55 Å². The normalized spacial score (nSPS) is 39.6. The highest BCUT2D eigenvalue weighted by Crippen LogP contribution is 2.50. The summed E-state index contributed by atoms with van der Waals surface area (Å²) >= 11 is 2.07. The zero-order chi connectivity index (χ0) is 10.5. The van der Waals surface area contributed by atoms with Crippen LogP contribution in [0, 0.1) is 0 Å². The minimum Gasteiger partial charge on any atom is -0.383 e. The molecule has 0 radical (unpaired) electrons. The molecule has 3 heterocycles. The standard InChI is InChI=1S/C11H16N2OS/c1-13-7-12-6-10(13)11(14)4-8-2-3-9(5-11)15-8/h6-9,14H,2-5H2,1H3. The maximum absolute atomic E-state index is 10.7.